The molecule has 0 spiro atoms. The Labute approximate surface area is 88.0 Å². The predicted octanol–water partition coefficient (Wildman–Crippen LogP) is -1.03. The van der Waals surface area contributed by atoms with E-state index in [-0.39, 0.29) is 5.91 Å². The van der Waals surface area contributed by atoms with Crippen molar-refractivity contribution < 1.29 is 14.3 Å². The predicted molar refractivity (Wildman–Crippen MR) is 57.1 cm³/mol. The lowest BCUT2D eigenvalue weighted by atomic mass is 9.87. The number of benzene rings is 1. The van der Waals surface area contributed by atoms with Crippen molar-refractivity contribution >= 4 is 25.2 Å². The summed E-state index contributed by atoms with van der Waals surface area (Å²) in [5, 5.41) is 2.72. The fraction of sp³-hybridized carbons (Fsp3) is 0.200. The summed E-state index contributed by atoms with van der Waals surface area (Å²) in [4.78, 5) is 22.7. The average molecular weight is 203 g/mol. The molecule has 1 heterocycles. The summed E-state index contributed by atoms with van der Waals surface area (Å²) in [6.07, 6.45) is 0. The zero-order valence-corrected chi connectivity index (χ0v) is 8.59. The van der Waals surface area contributed by atoms with Crippen molar-refractivity contribution in [2.24, 2.45) is 0 Å². The second-order valence-corrected chi connectivity index (χ2v) is 3.49. The summed E-state index contributed by atoms with van der Waals surface area (Å²) >= 11 is 0. The lowest BCUT2D eigenvalue weighted by molar-refractivity contribution is 0.0601. The number of nitrogens with one attached hydrogen (secondary N) is 1. The number of esters is 1. The van der Waals surface area contributed by atoms with Crippen molar-refractivity contribution in [2.75, 3.05) is 7.11 Å². The first-order chi connectivity index (χ1) is 7.13. The number of rotatable bonds is 1. The Morgan fingerprint density at radius 1 is 1.53 bits per heavy atom. The first-order valence-corrected chi connectivity index (χ1v) is 4.63. The molecule has 0 fully saturated rings. The molecule has 1 N–H and O–H groups in total. The van der Waals surface area contributed by atoms with Crippen LogP contribution in [0.3, 0.4) is 0 Å². The van der Waals surface area contributed by atoms with E-state index in [2.05, 4.69) is 10.1 Å². The number of carbonyl (C=O) groups is 2. The molecule has 2 rings (SSSR count). The number of amides is 1. The lowest BCUT2D eigenvalue weighted by Crippen LogP contribution is -2.15. The summed E-state index contributed by atoms with van der Waals surface area (Å²) in [7, 11) is 3.20. The smallest absolute Gasteiger partial charge is 0.337 e. The van der Waals surface area contributed by atoms with Crippen LogP contribution in [0, 0.1) is 0 Å². The molecule has 15 heavy (non-hydrogen) atoms. The molecule has 1 aromatic carbocycles. The first kappa shape index (κ1) is 9.77. The van der Waals surface area contributed by atoms with Crippen molar-refractivity contribution in [3.63, 3.8) is 0 Å². The Morgan fingerprint density at radius 2 is 2.27 bits per heavy atom. The van der Waals surface area contributed by atoms with Crippen molar-refractivity contribution in [2.45, 2.75) is 6.54 Å². The van der Waals surface area contributed by atoms with Gasteiger partial charge in [-0.3, -0.25) is 4.79 Å². The van der Waals surface area contributed by atoms with Gasteiger partial charge in [-0.25, -0.2) is 4.79 Å². The topological polar surface area (TPSA) is 55.4 Å². The highest BCUT2D eigenvalue weighted by molar-refractivity contribution is 6.34. The summed E-state index contributed by atoms with van der Waals surface area (Å²) < 4.78 is 4.62. The molecule has 76 valence electrons. The van der Waals surface area contributed by atoms with Gasteiger partial charge in [0.25, 0.3) is 5.91 Å². The molecular weight excluding hydrogens is 193 g/mol. The molecule has 1 aliphatic heterocycles. The minimum absolute atomic E-state index is 0.126. The van der Waals surface area contributed by atoms with Crippen LogP contribution in [0.2, 0.25) is 0 Å². The molecule has 1 aliphatic rings. The van der Waals surface area contributed by atoms with Crippen molar-refractivity contribution in [1.82, 2.24) is 5.32 Å². The second-order valence-electron chi connectivity index (χ2n) is 3.49. The molecular formula is C10H10BNO3. The molecule has 0 aliphatic carbocycles. The first-order valence-electron chi connectivity index (χ1n) is 4.63. The molecule has 0 saturated heterocycles. The van der Waals surface area contributed by atoms with Crippen molar-refractivity contribution in [3.05, 3.63) is 28.8 Å². The summed E-state index contributed by atoms with van der Waals surface area (Å²) in [6, 6.07) is 3.32. The monoisotopic (exact) mass is 203 g/mol. The van der Waals surface area contributed by atoms with Gasteiger partial charge in [0.15, 0.2) is 0 Å². The van der Waals surface area contributed by atoms with Gasteiger partial charge in [-0.15, -0.1) is 0 Å². The van der Waals surface area contributed by atoms with Gasteiger partial charge < -0.3 is 10.1 Å². The van der Waals surface area contributed by atoms with Gasteiger partial charge in [0, 0.05) is 12.1 Å². The normalized spacial score (nSPS) is 13.3. The summed E-state index contributed by atoms with van der Waals surface area (Å²) in [5.41, 5.74) is 2.90. The number of carbonyl (C=O) groups excluding carboxylic acids is 2. The summed E-state index contributed by atoms with van der Waals surface area (Å²) in [5.74, 6) is -0.542. The second kappa shape index (κ2) is 3.42. The molecule has 0 saturated carbocycles. The highest BCUT2D eigenvalue weighted by atomic mass is 16.5. The Bertz CT molecular complexity index is 456. The zero-order valence-electron chi connectivity index (χ0n) is 8.59. The van der Waals surface area contributed by atoms with Crippen LogP contribution < -0.4 is 10.8 Å². The van der Waals surface area contributed by atoms with Crippen molar-refractivity contribution in [1.29, 1.82) is 0 Å². The summed E-state index contributed by atoms with van der Waals surface area (Å²) in [6.45, 7) is 0.543. The SMILES string of the molecule is Bc1cc(C(=O)OC)cc2c1CNC2=O. The van der Waals surface area contributed by atoms with Gasteiger partial charge in [-0.2, -0.15) is 0 Å². The van der Waals surface area contributed by atoms with Crippen LogP contribution in [0.5, 0.6) is 0 Å². The minimum atomic E-state index is -0.416. The molecule has 4 nitrogen and oxygen atoms in total. The third-order valence-corrected chi connectivity index (χ3v) is 2.56. The molecule has 0 unspecified atom stereocenters. The maximum atomic E-state index is 11.4. The van der Waals surface area contributed by atoms with Gasteiger partial charge >= 0.3 is 5.97 Å². The molecule has 0 atom stereocenters. The fourth-order valence-electron chi connectivity index (χ4n) is 1.75. The van der Waals surface area contributed by atoms with E-state index in [1.54, 1.807) is 12.1 Å². The Kier molecular flexibility index (Phi) is 2.23. The number of hydrogen-bond donors (Lipinski definition) is 1. The minimum Gasteiger partial charge on any atom is -0.465 e. The van der Waals surface area contributed by atoms with Crippen LogP contribution in [0.25, 0.3) is 0 Å². The van der Waals surface area contributed by atoms with Gasteiger partial charge in [0.05, 0.1) is 12.7 Å². The zero-order chi connectivity index (χ0) is 11.0. The molecule has 1 aromatic rings. The number of methoxy groups -OCH3 is 1. The van der Waals surface area contributed by atoms with Crippen LogP contribution in [0.4, 0.5) is 0 Å². The van der Waals surface area contributed by atoms with Gasteiger partial charge in [0.1, 0.15) is 7.85 Å². The standard InChI is InChI=1S/C10H10BNO3/c1-15-10(14)5-2-6-7(8(11)3-5)4-12-9(6)13/h2-3H,4,11H2,1H3,(H,12,13). The van der Waals surface area contributed by atoms with Crippen LogP contribution >= 0.6 is 0 Å². The van der Waals surface area contributed by atoms with E-state index >= 15 is 0 Å². The quantitative estimate of drug-likeness (QED) is 0.469. The Hall–Kier alpha value is -1.78. The number of fused-ring (bicyclic) bond motifs is 1. The maximum Gasteiger partial charge on any atom is 0.337 e. The highest BCUT2D eigenvalue weighted by Gasteiger charge is 2.22. The average Bonchev–Trinajstić information content (AvgIpc) is 2.60. The highest BCUT2D eigenvalue weighted by Crippen LogP contribution is 2.15. The van der Waals surface area contributed by atoms with Crippen LogP contribution in [0.15, 0.2) is 12.1 Å². The number of hydrogen-bond acceptors (Lipinski definition) is 3. The van der Waals surface area contributed by atoms with E-state index in [1.165, 1.54) is 7.11 Å². The van der Waals surface area contributed by atoms with Crippen LogP contribution in [-0.2, 0) is 11.3 Å². The largest absolute Gasteiger partial charge is 0.465 e. The third-order valence-electron chi connectivity index (χ3n) is 2.56. The van der Waals surface area contributed by atoms with E-state index in [0.29, 0.717) is 17.7 Å². The molecule has 1 amide bonds. The van der Waals surface area contributed by atoms with E-state index in [4.69, 9.17) is 0 Å². The fourth-order valence-corrected chi connectivity index (χ4v) is 1.75. The number of ether oxygens (including phenoxy) is 1. The van der Waals surface area contributed by atoms with Gasteiger partial charge in [-0.05, 0) is 11.6 Å². The molecule has 0 bridgehead atoms. The van der Waals surface area contributed by atoms with Gasteiger partial charge in [0.2, 0.25) is 0 Å². The van der Waals surface area contributed by atoms with Crippen LogP contribution in [0.1, 0.15) is 26.3 Å². The van der Waals surface area contributed by atoms with E-state index < -0.39 is 5.97 Å². The molecule has 0 radical (unpaired) electrons. The van der Waals surface area contributed by atoms with Gasteiger partial charge in [-0.1, -0.05) is 11.5 Å². The van der Waals surface area contributed by atoms with E-state index in [1.807, 2.05) is 7.85 Å². The molecule has 5 heteroatoms. The van der Waals surface area contributed by atoms with E-state index in [9.17, 15) is 9.59 Å². The third kappa shape index (κ3) is 1.50. The Balaban J connectivity index is 2.55. The maximum absolute atomic E-state index is 11.4. The van der Waals surface area contributed by atoms with Crippen LogP contribution in [-0.4, -0.2) is 26.8 Å². The molecule has 0 aromatic heterocycles. The lowest BCUT2D eigenvalue weighted by Gasteiger charge is -2.05. The van der Waals surface area contributed by atoms with E-state index in [0.717, 1.165) is 11.0 Å². The Morgan fingerprint density at radius 3 is 2.93 bits per heavy atom. The van der Waals surface area contributed by atoms with Crippen molar-refractivity contribution in [3.8, 4) is 0 Å².